The summed E-state index contributed by atoms with van der Waals surface area (Å²) in [5.41, 5.74) is 0. The molecule has 2 aliphatic rings. The smallest absolute Gasteiger partial charge is 0.240 e. The number of carbonyl (C=O) groups is 1. The Bertz CT molecular complexity index is 862. The van der Waals surface area contributed by atoms with Gasteiger partial charge in [-0.1, -0.05) is 13.3 Å². The number of hydrogen-bond donors (Lipinski definition) is 2. The molecular formula is C24H39N3O5S. The van der Waals surface area contributed by atoms with Crippen LogP contribution >= 0.6 is 0 Å². The quantitative estimate of drug-likeness (QED) is 0.421. The largest absolute Gasteiger partial charge is 0.486 e. The average Bonchev–Trinajstić information content (AvgIpc) is 2.81. The molecule has 0 saturated carbocycles. The number of ether oxygens (including phenoxy) is 2. The zero-order valence-corrected chi connectivity index (χ0v) is 20.6. The van der Waals surface area contributed by atoms with Crippen molar-refractivity contribution in [3.05, 3.63) is 18.2 Å². The summed E-state index contributed by atoms with van der Waals surface area (Å²) in [6, 6.07) is 4.64. The molecule has 1 atom stereocenters. The van der Waals surface area contributed by atoms with Crippen LogP contribution < -0.4 is 19.5 Å². The SMILES string of the molecule is CC1CCCN(CCCCNC(=O)CCCCCNS(=O)(=O)c2ccc3c(c2)OCCO3)C1. The van der Waals surface area contributed by atoms with Crippen LogP contribution in [0.4, 0.5) is 0 Å². The lowest BCUT2D eigenvalue weighted by atomic mass is 10.0. The van der Waals surface area contributed by atoms with E-state index in [-0.39, 0.29) is 10.8 Å². The van der Waals surface area contributed by atoms with E-state index in [2.05, 4.69) is 21.9 Å². The number of likely N-dealkylation sites (tertiary alicyclic amines) is 1. The second-order valence-corrected chi connectivity index (χ2v) is 10.9. The molecule has 8 nitrogen and oxygen atoms in total. The topological polar surface area (TPSA) is 97.0 Å². The van der Waals surface area contributed by atoms with Gasteiger partial charge in [0.05, 0.1) is 4.90 Å². The third kappa shape index (κ3) is 8.79. The number of nitrogens with zero attached hydrogens (tertiary/aromatic N) is 1. The minimum Gasteiger partial charge on any atom is -0.486 e. The van der Waals surface area contributed by atoms with Gasteiger partial charge in [0.15, 0.2) is 11.5 Å². The molecule has 0 bridgehead atoms. The zero-order chi connectivity index (χ0) is 23.5. The Balaban J connectivity index is 1.21. The molecular weight excluding hydrogens is 442 g/mol. The Morgan fingerprint density at radius 1 is 1.06 bits per heavy atom. The maximum atomic E-state index is 12.5. The Labute approximate surface area is 198 Å². The average molecular weight is 482 g/mol. The van der Waals surface area contributed by atoms with Crippen LogP contribution in [0.15, 0.2) is 23.1 Å². The van der Waals surface area contributed by atoms with Crippen molar-refractivity contribution < 1.29 is 22.7 Å². The first kappa shape index (κ1) is 25.8. The second-order valence-electron chi connectivity index (χ2n) is 9.12. The third-order valence-corrected chi connectivity index (χ3v) is 7.62. The van der Waals surface area contributed by atoms with Crippen molar-refractivity contribution in [3.63, 3.8) is 0 Å². The first-order valence-electron chi connectivity index (χ1n) is 12.3. The van der Waals surface area contributed by atoms with Crippen LogP contribution in [0.1, 0.15) is 58.3 Å². The van der Waals surface area contributed by atoms with Crippen molar-refractivity contribution in [1.82, 2.24) is 14.9 Å². The molecule has 2 heterocycles. The minimum absolute atomic E-state index is 0.0819. The van der Waals surface area contributed by atoms with Crippen molar-refractivity contribution in [1.29, 1.82) is 0 Å². The Morgan fingerprint density at radius 2 is 1.85 bits per heavy atom. The van der Waals surface area contributed by atoms with E-state index in [0.717, 1.165) is 44.7 Å². The van der Waals surface area contributed by atoms with Gasteiger partial charge < -0.3 is 19.7 Å². The van der Waals surface area contributed by atoms with Gasteiger partial charge in [-0.2, -0.15) is 0 Å². The molecule has 1 aromatic carbocycles. The normalized spacial score (nSPS) is 18.8. The number of piperidine rings is 1. The lowest BCUT2D eigenvalue weighted by molar-refractivity contribution is -0.121. The molecule has 1 fully saturated rings. The molecule has 1 saturated heterocycles. The fourth-order valence-corrected chi connectivity index (χ4v) is 5.42. The van der Waals surface area contributed by atoms with Crippen LogP contribution in [-0.2, 0) is 14.8 Å². The highest BCUT2D eigenvalue weighted by molar-refractivity contribution is 7.89. The van der Waals surface area contributed by atoms with E-state index < -0.39 is 10.0 Å². The molecule has 2 N–H and O–H groups in total. The molecule has 1 unspecified atom stereocenters. The molecule has 3 rings (SSSR count). The molecule has 0 spiro atoms. The molecule has 33 heavy (non-hydrogen) atoms. The number of sulfonamides is 1. The van der Waals surface area contributed by atoms with Crippen molar-refractivity contribution in [3.8, 4) is 11.5 Å². The summed E-state index contributed by atoms with van der Waals surface area (Å²) < 4.78 is 38.4. The van der Waals surface area contributed by atoms with Crippen molar-refractivity contribution in [2.75, 3.05) is 45.9 Å². The molecule has 1 aromatic rings. The monoisotopic (exact) mass is 481 g/mol. The van der Waals surface area contributed by atoms with Gasteiger partial charge in [0.25, 0.3) is 0 Å². The molecule has 9 heteroatoms. The van der Waals surface area contributed by atoms with E-state index in [1.807, 2.05) is 0 Å². The number of fused-ring (bicyclic) bond motifs is 1. The Kier molecular flexibility index (Phi) is 10.3. The summed E-state index contributed by atoms with van der Waals surface area (Å²) >= 11 is 0. The van der Waals surface area contributed by atoms with E-state index in [0.29, 0.717) is 44.1 Å². The molecule has 1 amide bonds. The lowest BCUT2D eigenvalue weighted by Gasteiger charge is -2.30. The van der Waals surface area contributed by atoms with E-state index in [1.165, 1.54) is 38.1 Å². The lowest BCUT2D eigenvalue weighted by Crippen LogP contribution is -2.35. The van der Waals surface area contributed by atoms with Crippen molar-refractivity contribution >= 4 is 15.9 Å². The highest BCUT2D eigenvalue weighted by atomic mass is 32.2. The molecule has 0 aromatic heterocycles. The highest BCUT2D eigenvalue weighted by Gasteiger charge is 2.19. The molecule has 186 valence electrons. The second kappa shape index (κ2) is 13.2. The first-order chi connectivity index (χ1) is 15.9. The highest BCUT2D eigenvalue weighted by Crippen LogP contribution is 2.32. The predicted octanol–water partition coefficient (Wildman–Crippen LogP) is 2.92. The molecule has 0 aliphatic carbocycles. The maximum absolute atomic E-state index is 12.5. The molecule has 0 radical (unpaired) electrons. The minimum atomic E-state index is -3.59. The van der Waals surface area contributed by atoms with Crippen LogP contribution in [0.3, 0.4) is 0 Å². The maximum Gasteiger partial charge on any atom is 0.240 e. The van der Waals surface area contributed by atoms with Gasteiger partial charge in [-0.25, -0.2) is 13.1 Å². The zero-order valence-electron chi connectivity index (χ0n) is 19.8. The van der Waals surface area contributed by atoms with Crippen LogP contribution in [0, 0.1) is 5.92 Å². The van der Waals surface area contributed by atoms with Crippen LogP contribution in [-0.4, -0.2) is 65.2 Å². The molecule has 2 aliphatic heterocycles. The van der Waals surface area contributed by atoms with Gasteiger partial charge in [0, 0.05) is 32.1 Å². The number of rotatable bonds is 13. The summed E-state index contributed by atoms with van der Waals surface area (Å²) in [7, 11) is -3.59. The summed E-state index contributed by atoms with van der Waals surface area (Å²) in [5, 5.41) is 3.00. The first-order valence-corrected chi connectivity index (χ1v) is 13.8. The van der Waals surface area contributed by atoms with Crippen LogP contribution in [0.2, 0.25) is 0 Å². The van der Waals surface area contributed by atoms with Gasteiger partial charge in [0.1, 0.15) is 13.2 Å². The fourth-order valence-electron chi connectivity index (χ4n) is 4.33. The summed E-state index contributed by atoms with van der Waals surface area (Å²) in [5.74, 6) is 1.91. The predicted molar refractivity (Wildman–Crippen MR) is 128 cm³/mol. The van der Waals surface area contributed by atoms with Crippen molar-refractivity contribution in [2.45, 2.75) is 63.2 Å². The summed E-state index contributed by atoms with van der Waals surface area (Å²) in [6.07, 6.45) is 7.50. The standard InChI is InChI=1S/C24H39N3O5S/c1-20-8-7-15-27(19-20)14-6-5-12-25-24(28)9-3-2-4-13-26-33(29,30)21-10-11-22-23(18-21)32-17-16-31-22/h10-11,18,20,26H,2-9,12-17,19H2,1H3,(H,25,28). The number of amides is 1. The van der Waals surface area contributed by atoms with Gasteiger partial charge in [0.2, 0.25) is 15.9 Å². The number of nitrogens with one attached hydrogen (secondary N) is 2. The van der Waals surface area contributed by atoms with Crippen molar-refractivity contribution in [2.24, 2.45) is 5.92 Å². The Morgan fingerprint density at radius 3 is 2.67 bits per heavy atom. The van der Waals surface area contributed by atoms with E-state index in [4.69, 9.17) is 9.47 Å². The number of benzene rings is 1. The van der Waals surface area contributed by atoms with Gasteiger partial charge >= 0.3 is 0 Å². The summed E-state index contributed by atoms with van der Waals surface area (Å²) in [6.45, 7) is 7.82. The Hall–Kier alpha value is -1.84. The van der Waals surface area contributed by atoms with E-state index >= 15 is 0 Å². The van der Waals surface area contributed by atoms with Crippen LogP contribution in [0.5, 0.6) is 11.5 Å². The van der Waals surface area contributed by atoms with E-state index in [9.17, 15) is 13.2 Å². The van der Waals surface area contributed by atoms with Gasteiger partial charge in [-0.3, -0.25) is 4.79 Å². The number of unbranched alkanes of at least 4 members (excludes halogenated alkanes) is 3. The van der Waals surface area contributed by atoms with E-state index in [1.54, 1.807) is 6.07 Å². The van der Waals surface area contributed by atoms with Crippen LogP contribution in [0.25, 0.3) is 0 Å². The summed E-state index contributed by atoms with van der Waals surface area (Å²) in [4.78, 5) is 14.7. The third-order valence-electron chi connectivity index (χ3n) is 6.16. The number of hydrogen-bond acceptors (Lipinski definition) is 6. The number of carbonyl (C=O) groups excluding carboxylic acids is 1. The van der Waals surface area contributed by atoms with Gasteiger partial charge in [-0.05, 0) is 69.7 Å². The fraction of sp³-hybridized carbons (Fsp3) is 0.708. The van der Waals surface area contributed by atoms with Gasteiger partial charge in [-0.15, -0.1) is 0 Å².